The van der Waals surface area contributed by atoms with E-state index < -0.39 is 26.9 Å². The van der Waals surface area contributed by atoms with Crippen molar-refractivity contribution in [3.05, 3.63) is 35.4 Å². The Morgan fingerprint density at radius 3 is 2.35 bits per heavy atom. The van der Waals surface area contributed by atoms with E-state index in [1.54, 1.807) is 6.92 Å². The molecule has 1 atom stereocenters. The molecule has 1 aromatic carbocycles. The minimum Gasteiger partial charge on any atom is -0.316 e. The Kier molecular flexibility index (Phi) is 6.51. The lowest BCUT2D eigenvalue weighted by Crippen LogP contribution is -2.39. The SMILES string of the molecule is CCNCC(C)S(=O)(=O)NCCc1cc(F)cc(F)c1. The van der Waals surface area contributed by atoms with Gasteiger partial charge in [-0.1, -0.05) is 6.92 Å². The standard InChI is InChI=1S/C13H20F2N2O2S/c1-3-16-9-10(2)20(18,19)17-5-4-11-6-12(14)8-13(15)7-11/h6-8,10,16-17H,3-5,9H2,1-2H3. The Morgan fingerprint density at radius 1 is 1.20 bits per heavy atom. The highest BCUT2D eigenvalue weighted by Crippen LogP contribution is 2.08. The van der Waals surface area contributed by atoms with E-state index in [4.69, 9.17) is 0 Å². The van der Waals surface area contributed by atoms with Crippen molar-refractivity contribution in [2.75, 3.05) is 19.6 Å². The number of nitrogens with one attached hydrogen (secondary N) is 2. The van der Waals surface area contributed by atoms with Crippen LogP contribution in [0.5, 0.6) is 0 Å². The normalized spacial score (nSPS) is 13.4. The molecular formula is C13H20F2N2O2S. The van der Waals surface area contributed by atoms with Gasteiger partial charge in [-0.2, -0.15) is 0 Å². The van der Waals surface area contributed by atoms with Crippen LogP contribution in [0.25, 0.3) is 0 Å². The second-order valence-corrected chi connectivity index (χ2v) is 6.77. The predicted molar refractivity (Wildman–Crippen MR) is 75.0 cm³/mol. The molecule has 20 heavy (non-hydrogen) atoms. The smallest absolute Gasteiger partial charge is 0.215 e. The van der Waals surface area contributed by atoms with Crippen molar-refractivity contribution in [1.29, 1.82) is 0 Å². The third-order valence-corrected chi connectivity index (χ3v) is 4.68. The molecular weight excluding hydrogens is 286 g/mol. The van der Waals surface area contributed by atoms with Crippen molar-refractivity contribution in [1.82, 2.24) is 10.0 Å². The lowest BCUT2D eigenvalue weighted by Gasteiger charge is -2.14. The first-order valence-corrected chi connectivity index (χ1v) is 8.04. The third kappa shape index (κ3) is 5.52. The summed E-state index contributed by atoms with van der Waals surface area (Å²) in [6.45, 7) is 4.67. The molecule has 0 aliphatic carbocycles. The average Bonchev–Trinajstić information content (AvgIpc) is 2.34. The van der Waals surface area contributed by atoms with E-state index in [9.17, 15) is 17.2 Å². The first kappa shape index (κ1) is 17.0. The summed E-state index contributed by atoms with van der Waals surface area (Å²) in [7, 11) is -3.42. The van der Waals surface area contributed by atoms with Gasteiger partial charge in [-0.3, -0.25) is 0 Å². The van der Waals surface area contributed by atoms with Crippen LogP contribution in [0.2, 0.25) is 0 Å². The van der Waals surface area contributed by atoms with Crippen molar-refractivity contribution in [2.24, 2.45) is 0 Å². The molecule has 0 saturated carbocycles. The van der Waals surface area contributed by atoms with Crippen molar-refractivity contribution >= 4 is 10.0 Å². The van der Waals surface area contributed by atoms with Gasteiger partial charge in [0.2, 0.25) is 10.0 Å². The van der Waals surface area contributed by atoms with Crippen LogP contribution in [0.4, 0.5) is 8.78 Å². The van der Waals surface area contributed by atoms with Crippen LogP contribution in [-0.2, 0) is 16.4 Å². The maximum absolute atomic E-state index is 13.0. The topological polar surface area (TPSA) is 58.2 Å². The van der Waals surface area contributed by atoms with Crippen LogP contribution in [0.3, 0.4) is 0 Å². The molecule has 4 nitrogen and oxygen atoms in total. The molecule has 0 radical (unpaired) electrons. The highest BCUT2D eigenvalue weighted by molar-refractivity contribution is 7.90. The molecule has 2 N–H and O–H groups in total. The number of benzene rings is 1. The van der Waals surface area contributed by atoms with Crippen LogP contribution in [0.1, 0.15) is 19.4 Å². The zero-order chi connectivity index (χ0) is 15.2. The van der Waals surface area contributed by atoms with Crippen LogP contribution in [0, 0.1) is 11.6 Å². The number of halogens is 2. The molecule has 0 heterocycles. The van der Waals surface area contributed by atoms with Crippen molar-refractivity contribution in [2.45, 2.75) is 25.5 Å². The van der Waals surface area contributed by atoms with Gasteiger partial charge in [-0.05, 0) is 37.6 Å². The van der Waals surface area contributed by atoms with Gasteiger partial charge in [0, 0.05) is 19.2 Å². The second-order valence-electron chi connectivity index (χ2n) is 4.59. The fourth-order valence-electron chi connectivity index (χ4n) is 1.69. The van der Waals surface area contributed by atoms with Gasteiger partial charge in [-0.25, -0.2) is 21.9 Å². The van der Waals surface area contributed by atoms with E-state index in [0.29, 0.717) is 18.7 Å². The molecule has 1 unspecified atom stereocenters. The summed E-state index contributed by atoms with van der Waals surface area (Å²) in [6, 6.07) is 3.17. The van der Waals surface area contributed by atoms with E-state index in [1.165, 1.54) is 12.1 Å². The molecule has 7 heteroatoms. The fraction of sp³-hybridized carbons (Fsp3) is 0.538. The summed E-state index contributed by atoms with van der Waals surface area (Å²) in [5.41, 5.74) is 0.421. The molecule has 0 bridgehead atoms. The van der Waals surface area contributed by atoms with Crippen molar-refractivity contribution in [3.63, 3.8) is 0 Å². The monoisotopic (exact) mass is 306 g/mol. The second kappa shape index (κ2) is 7.66. The Hall–Kier alpha value is -1.05. The molecule has 0 spiro atoms. The molecule has 0 fully saturated rings. The van der Waals surface area contributed by atoms with Gasteiger partial charge in [0.25, 0.3) is 0 Å². The van der Waals surface area contributed by atoms with E-state index in [0.717, 1.165) is 6.07 Å². The minimum absolute atomic E-state index is 0.113. The number of sulfonamides is 1. The van der Waals surface area contributed by atoms with E-state index in [-0.39, 0.29) is 13.0 Å². The van der Waals surface area contributed by atoms with Crippen molar-refractivity contribution in [3.8, 4) is 0 Å². The summed E-state index contributed by atoms with van der Waals surface area (Å²) in [5.74, 6) is -1.33. The molecule has 0 aromatic heterocycles. The van der Waals surface area contributed by atoms with Crippen LogP contribution in [0.15, 0.2) is 18.2 Å². The lowest BCUT2D eigenvalue weighted by atomic mass is 10.1. The largest absolute Gasteiger partial charge is 0.316 e. The van der Waals surface area contributed by atoms with Gasteiger partial charge in [0.1, 0.15) is 11.6 Å². The Labute approximate surface area is 118 Å². The Morgan fingerprint density at radius 2 is 1.80 bits per heavy atom. The lowest BCUT2D eigenvalue weighted by molar-refractivity contribution is 0.559. The number of hydrogen-bond donors (Lipinski definition) is 2. The summed E-state index contributed by atoms with van der Waals surface area (Å²) in [4.78, 5) is 0. The van der Waals surface area contributed by atoms with Crippen LogP contribution < -0.4 is 10.0 Å². The van der Waals surface area contributed by atoms with Gasteiger partial charge >= 0.3 is 0 Å². The molecule has 1 rings (SSSR count). The first-order chi connectivity index (χ1) is 9.35. The summed E-state index contributed by atoms with van der Waals surface area (Å²) in [6.07, 6.45) is 0.238. The van der Waals surface area contributed by atoms with Crippen LogP contribution in [-0.4, -0.2) is 33.3 Å². The Balaban J connectivity index is 2.50. The summed E-state index contributed by atoms with van der Waals surface area (Å²) < 4.78 is 52.1. The molecule has 0 saturated heterocycles. The summed E-state index contributed by atoms with van der Waals surface area (Å²) >= 11 is 0. The zero-order valence-corrected chi connectivity index (χ0v) is 12.4. The zero-order valence-electron chi connectivity index (χ0n) is 11.6. The van der Waals surface area contributed by atoms with E-state index in [1.807, 2.05) is 6.92 Å². The molecule has 0 aliphatic rings. The highest BCUT2D eigenvalue weighted by atomic mass is 32.2. The van der Waals surface area contributed by atoms with Gasteiger partial charge < -0.3 is 5.32 Å². The maximum Gasteiger partial charge on any atom is 0.215 e. The molecule has 0 aliphatic heterocycles. The predicted octanol–water partition coefficient (Wildman–Crippen LogP) is 1.42. The third-order valence-electron chi connectivity index (χ3n) is 2.85. The number of rotatable bonds is 8. The van der Waals surface area contributed by atoms with Gasteiger partial charge in [-0.15, -0.1) is 0 Å². The average molecular weight is 306 g/mol. The summed E-state index contributed by atoms with van der Waals surface area (Å²) in [5, 5.41) is 2.40. The maximum atomic E-state index is 13.0. The molecule has 114 valence electrons. The van der Waals surface area contributed by atoms with E-state index >= 15 is 0 Å². The van der Waals surface area contributed by atoms with Gasteiger partial charge in [0.05, 0.1) is 5.25 Å². The van der Waals surface area contributed by atoms with Gasteiger partial charge in [0.15, 0.2) is 0 Å². The quantitative estimate of drug-likeness (QED) is 0.764. The van der Waals surface area contributed by atoms with E-state index in [2.05, 4.69) is 10.0 Å². The number of hydrogen-bond acceptors (Lipinski definition) is 3. The van der Waals surface area contributed by atoms with Crippen molar-refractivity contribution < 1.29 is 17.2 Å². The first-order valence-electron chi connectivity index (χ1n) is 6.49. The van der Waals surface area contributed by atoms with Crippen LogP contribution >= 0.6 is 0 Å². The Bertz CT molecular complexity index is 515. The fourth-order valence-corrected chi connectivity index (χ4v) is 2.70. The minimum atomic E-state index is -3.42. The highest BCUT2D eigenvalue weighted by Gasteiger charge is 2.19. The molecule has 1 aromatic rings. The molecule has 0 amide bonds.